The van der Waals surface area contributed by atoms with Gasteiger partial charge in [0.1, 0.15) is 0 Å². The molecule has 19 heavy (non-hydrogen) atoms. The van der Waals surface area contributed by atoms with Crippen molar-refractivity contribution in [3.63, 3.8) is 0 Å². The number of tetrazole rings is 1. The van der Waals surface area contributed by atoms with Gasteiger partial charge >= 0.3 is 0 Å². The van der Waals surface area contributed by atoms with Crippen LogP contribution in [-0.2, 0) is 22.3 Å². The molecule has 0 bridgehead atoms. The molecule has 2 N–H and O–H groups in total. The molecule has 2 rings (SSSR count). The Morgan fingerprint density at radius 3 is 2.63 bits per heavy atom. The van der Waals surface area contributed by atoms with Gasteiger partial charge in [-0.2, -0.15) is 10.5 Å². The Hall–Kier alpha value is -2.31. The van der Waals surface area contributed by atoms with E-state index in [1.54, 1.807) is 24.3 Å². The maximum absolute atomic E-state index is 11.8. The van der Waals surface area contributed by atoms with Crippen LogP contribution in [0.3, 0.4) is 0 Å². The maximum Gasteiger partial charge on any atom is 0.216 e. The molecule has 0 radical (unpaired) electrons. The summed E-state index contributed by atoms with van der Waals surface area (Å²) in [6, 6.07) is 8.32. The smallest absolute Gasteiger partial charge is 0.212 e. The molecule has 0 atom stereocenters. The highest BCUT2D eigenvalue weighted by Gasteiger charge is 2.12. The maximum atomic E-state index is 11.8. The van der Waals surface area contributed by atoms with Crippen LogP contribution in [0.4, 0.5) is 0 Å². The number of nitrogens with one attached hydrogen (secondary N) is 2. The van der Waals surface area contributed by atoms with E-state index in [1.165, 1.54) is 0 Å². The third-order valence-electron chi connectivity index (χ3n) is 2.28. The monoisotopic (exact) mass is 278 g/mol. The number of nitrogens with zero attached hydrogens (tertiary/aromatic N) is 4. The molecule has 1 aromatic heterocycles. The topological polar surface area (TPSA) is 124 Å². The second kappa shape index (κ2) is 5.55. The van der Waals surface area contributed by atoms with Crippen molar-refractivity contribution < 1.29 is 8.42 Å². The molecule has 0 amide bonds. The molecule has 0 spiro atoms. The van der Waals surface area contributed by atoms with Gasteiger partial charge in [0.25, 0.3) is 0 Å². The number of benzene rings is 1. The predicted molar refractivity (Wildman–Crippen MR) is 64.8 cm³/mol. The standard InChI is InChI=1S/C10H10N6O2S/c11-5-8-1-3-9(4-2-8)7-19(17,18)12-6-10-13-15-16-14-10/h1-4,12H,6-7H2,(H,13,14,15,16). The number of sulfonamides is 1. The van der Waals surface area contributed by atoms with Gasteiger partial charge in [-0.1, -0.05) is 17.3 Å². The van der Waals surface area contributed by atoms with E-state index in [0.717, 1.165) is 0 Å². The molecule has 0 aliphatic rings. The van der Waals surface area contributed by atoms with E-state index in [-0.39, 0.29) is 18.1 Å². The fraction of sp³-hybridized carbons (Fsp3) is 0.200. The zero-order valence-corrected chi connectivity index (χ0v) is 10.6. The summed E-state index contributed by atoms with van der Waals surface area (Å²) in [6.45, 7) is -0.0187. The molecule has 0 saturated carbocycles. The highest BCUT2D eigenvalue weighted by atomic mass is 32.2. The predicted octanol–water partition coefficient (Wildman–Crippen LogP) is -0.309. The Balaban J connectivity index is 1.98. The zero-order valence-electron chi connectivity index (χ0n) is 9.74. The molecule has 1 heterocycles. The van der Waals surface area contributed by atoms with Crippen LogP contribution in [0.15, 0.2) is 24.3 Å². The summed E-state index contributed by atoms with van der Waals surface area (Å²) >= 11 is 0. The summed E-state index contributed by atoms with van der Waals surface area (Å²) in [5, 5.41) is 21.5. The number of nitriles is 1. The molecule has 9 heteroatoms. The lowest BCUT2D eigenvalue weighted by atomic mass is 10.2. The number of aromatic amines is 1. The van der Waals surface area contributed by atoms with Crippen molar-refractivity contribution in [1.82, 2.24) is 25.3 Å². The molecule has 0 unspecified atom stereocenters. The van der Waals surface area contributed by atoms with Crippen molar-refractivity contribution in [3.8, 4) is 6.07 Å². The molecule has 2 aromatic rings. The van der Waals surface area contributed by atoms with E-state index >= 15 is 0 Å². The number of hydrogen-bond acceptors (Lipinski definition) is 6. The Bertz CT molecular complexity index is 672. The summed E-state index contributed by atoms with van der Waals surface area (Å²) in [7, 11) is -3.48. The molecule has 8 nitrogen and oxygen atoms in total. The third kappa shape index (κ3) is 3.84. The summed E-state index contributed by atoms with van der Waals surface area (Å²) in [4.78, 5) is 0. The average molecular weight is 278 g/mol. The van der Waals surface area contributed by atoms with Crippen molar-refractivity contribution in [2.24, 2.45) is 0 Å². The molecule has 0 fully saturated rings. The van der Waals surface area contributed by atoms with E-state index in [0.29, 0.717) is 11.1 Å². The summed E-state index contributed by atoms with van der Waals surface area (Å²) in [5.41, 5.74) is 1.08. The average Bonchev–Trinajstić information content (AvgIpc) is 2.90. The van der Waals surface area contributed by atoms with E-state index in [4.69, 9.17) is 5.26 Å². The van der Waals surface area contributed by atoms with Gasteiger partial charge in [0, 0.05) is 0 Å². The third-order valence-corrected chi connectivity index (χ3v) is 3.58. The Labute approximate surface area is 109 Å². The molecule has 0 aliphatic carbocycles. The van der Waals surface area contributed by atoms with Crippen molar-refractivity contribution >= 4 is 10.0 Å². The van der Waals surface area contributed by atoms with Crippen molar-refractivity contribution in [2.75, 3.05) is 0 Å². The SMILES string of the molecule is N#Cc1ccc(CS(=O)(=O)NCc2nn[nH]n2)cc1. The van der Waals surface area contributed by atoms with Crippen LogP contribution >= 0.6 is 0 Å². The summed E-state index contributed by atoms with van der Waals surface area (Å²) < 4.78 is 25.9. The largest absolute Gasteiger partial charge is 0.216 e. The fourth-order valence-corrected chi connectivity index (χ4v) is 2.46. The van der Waals surface area contributed by atoms with Gasteiger partial charge in [-0.25, -0.2) is 13.1 Å². The van der Waals surface area contributed by atoms with Gasteiger partial charge in [0.05, 0.1) is 23.9 Å². The molecule has 0 aliphatic heterocycles. The van der Waals surface area contributed by atoms with E-state index in [9.17, 15) is 8.42 Å². The van der Waals surface area contributed by atoms with Gasteiger partial charge in [0.2, 0.25) is 10.0 Å². The Morgan fingerprint density at radius 1 is 1.32 bits per heavy atom. The van der Waals surface area contributed by atoms with Crippen LogP contribution in [-0.4, -0.2) is 29.0 Å². The van der Waals surface area contributed by atoms with Gasteiger partial charge in [-0.05, 0) is 17.7 Å². The lowest BCUT2D eigenvalue weighted by Crippen LogP contribution is -2.25. The number of aromatic nitrogens is 4. The lowest BCUT2D eigenvalue weighted by molar-refractivity contribution is 0.578. The number of rotatable bonds is 5. The molecule has 1 aromatic carbocycles. The van der Waals surface area contributed by atoms with Crippen LogP contribution in [0.1, 0.15) is 17.0 Å². The van der Waals surface area contributed by atoms with E-state index in [2.05, 4.69) is 25.3 Å². The second-order valence-electron chi connectivity index (χ2n) is 3.72. The van der Waals surface area contributed by atoms with Gasteiger partial charge < -0.3 is 0 Å². The first-order valence-corrected chi connectivity index (χ1v) is 6.93. The van der Waals surface area contributed by atoms with E-state index in [1.807, 2.05) is 6.07 Å². The summed E-state index contributed by atoms with van der Waals surface area (Å²) in [6.07, 6.45) is 0. The number of H-pyrrole nitrogens is 1. The normalized spacial score (nSPS) is 11.1. The van der Waals surface area contributed by atoms with Crippen molar-refractivity contribution in [1.29, 1.82) is 5.26 Å². The van der Waals surface area contributed by atoms with Crippen LogP contribution in [0, 0.1) is 11.3 Å². The van der Waals surface area contributed by atoms with Crippen LogP contribution in [0.25, 0.3) is 0 Å². The Morgan fingerprint density at radius 2 is 2.05 bits per heavy atom. The highest BCUT2D eigenvalue weighted by molar-refractivity contribution is 7.88. The molecule has 0 saturated heterocycles. The lowest BCUT2D eigenvalue weighted by Gasteiger charge is -2.04. The first kappa shape index (κ1) is 13.1. The molecular weight excluding hydrogens is 268 g/mol. The molecular formula is C10H10N6O2S. The van der Waals surface area contributed by atoms with E-state index < -0.39 is 10.0 Å². The van der Waals surface area contributed by atoms with Crippen molar-refractivity contribution in [3.05, 3.63) is 41.2 Å². The highest BCUT2D eigenvalue weighted by Crippen LogP contribution is 2.07. The zero-order chi connectivity index (χ0) is 13.7. The quantitative estimate of drug-likeness (QED) is 0.773. The second-order valence-corrected chi connectivity index (χ2v) is 5.52. The summed E-state index contributed by atoms with van der Waals surface area (Å²) in [5.74, 6) is 0.0970. The fourth-order valence-electron chi connectivity index (χ4n) is 1.38. The number of hydrogen-bond donors (Lipinski definition) is 2. The minimum absolute atomic E-state index is 0.0187. The van der Waals surface area contributed by atoms with Crippen LogP contribution < -0.4 is 4.72 Å². The van der Waals surface area contributed by atoms with Crippen molar-refractivity contribution in [2.45, 2.75) is 12.3 Å². The first-order valence-electron chi connectivity index (χ1n) is 5.28. The van der Waals surface area contributed by atoms with Crippen LogP contribution in [0.2, 0.25) is 0 Å². The van der Waals surface area contributed by atoms with Crippen LogP contribution in [0.5, 0.6) is 0 Å². The first-order chi connectivity index (χ1) is 9.09. The minimum atomic E-state index is -3.48. The Kier molecular flexibility index (Phi) is 3.84. The van der Waals surface area contributed by atoms with Gasteiger partial charge in [-0.15, -0.1) is 10.2 Å². The van der Waals surface area contributed by atoms with Gasteiger partial charge in [0.15, 0.2) is 5.82 Å². The minimum Gasteiger partial charge on any atom is -0.212 e. The molecule has 98 valence electrons. The van der Waals surface area contributed by atoms with Gasteiger partial charge in [-0.3, -0.25) is 0 Å².